The Kier molecular flexibility index (Phi) is 11.3. The first-order valence-electron chi connectivity index (χ1n) is 14.5. The second kappa shape index (κ2) is 15.0. The Morgan fingerprint density at radius 3 is 2.25 bits per heavy atom. The van der Waals surface area contributed by atoms with E-state index in [0.717, 1.165) is 24.7 Å². The quantitative estimate of drug-likeness (QED) is 0.145. The zero-order valence-corrected chi connectivity index (χ0v) is 27.2. The van der Waals surface area contributed by atoms with Gasteiger partial charge in [-0.05, 0) is 68.1 Å². The van der Waals surface area contributed by atoms with Gasteiger partial charge < -0.3 is 26.0 Å². The summed E-state index contributed by atoms with van der Waals surface area (Å²) in [6.07, 6.45) is -2.13. The fraction of sp³-hybridized carbons (Fsp3) is 0.379. The van der Waals surface area contributed by atoms with E-state index in [9.17, 15) is 36.0 Å². The monoisotopic (exact) mass is 712 g/mol. The largest absolute Gasteiger partial charge is 0.454 e. The second-order valence-corrected chi connectivity index (χ2v) is 13.2. The standard InChI is InChI=1S/C29H32ClF3N8O6S/c1-17(23(43)41-48(2,45)46)35-22(42)4-3-15-34-24(44)18-5-11-21(12-6-18)36-25-37-26(39-27(38-25)47-16-29(31,32)33)40-28(13-14-28)19-7-9-20(30)10-8-19/h5-12,17H,3-4,13-16H2,1-2H3,(H,34,44)(H,35,42)(H,41,43)(H2,36,37,38,39,40). The molecule has 1 aliphatic carbocycles. The normalized spacial score (nSPS) is 14.3. The van der Waals surface area contributed by atoms with E-state index >= 15 is 0 Å². The number of hydrogen-bond donors (Lipinski definition) is 5. The highest BCUT2D eigenvalue weighted by atomic mass is 35.5. The average molecular weight is 713 g/mol. The Balaban J connectivity index is 1.33. The molecule has 0 saturated heterocycles. The average Bonchev–Trinajstić information content (AvgIpc) is 3.78. The molecule has 2 aromatic carbocycles. The minimum Gasteiger partial charge on any atom is -0.454 e. The summed E-state index contributed by atoms with van der Waals surface area (Å²) >= 11 is 6.00. The number of sulfonamides is 1. The van der Waals surface area contributed by atoms with Gasteiger partial charge >= 0.3 is 12.2 Å². The molecule has 1 aliphatic rings. The number of rotatable bonds is 15. The lowest BCUT2D eigenvalue weighted by atomic mass is 10.1. The van der Waals surface area contributed by atoms with Gasteiger partial charge in [0.25, 0.3) is 11.8 Å². The highest BCUT2D eigenvalue weighted by Crippen LogP contribution is 2.48. The van der Waals surface area contributed by atoms with E-state index in [1.54, 1.807) is 16.9 Å². The summed E-state index contributed by atoms with van der Waals surface area (Å²) in [5.74, 6) is -1.92. The summed E-state index contributed by atoms with van der Waals surface area (Å²) in [6.45, 7) is -0.133. The van der Waals surface area contributed by atoms with Gasteiger partial charge in [0, 0.05) is 29.2 Å². The molecule has 3 amide bonds. The van der Waals surface area contributed by atoms with Crippen molar-refractivity contribution in [1.82, 2.24) is 30.3 Å². The maximum Gasteiger partial charge on any atom is 0.422 e. The molecule has 5 N–H and O–H groups in total. The number of hydrogen-bond acceptors (Lipinski definition) is 11. The molecular formula is C29H32ClF3N8O6S. The fourth-order valence-corrected chi connectivity index (χ4v) is 4.98. The first kappa shape index (κ1) is 36.1. The maximum absolute atomic E-state index is 12.9. The molecule has 0 aliphatic heterocycles. The van der Waals surface area contributed by atoms with Crippen molar-refractivity contribution in [2.75, 3.05) is 30.0 Å². The van der Waals surface area contributed by atoms with Crippen LogP contribution in [0.4, 0.5) is 30.8 Å². The summed E-state index contributed by atoms with van der Waals surface area (Å²) in [5, 5.41) is 11.7. The minimum atomic E-state index is -4.62. The molecule has 1 heterocycles. The van der Waals surface area contributed by atoms with Crippen LogP contribution in [-0.2, 0) is 25.2 Å². The molecular weight excluding hydrogens is 681 g/mol. The predicted molar refractivity (Wildman–Crippen MR) is 169 cm³/mol. The number of nitrogens with one attached hydrogen (secondary N) is 5. The molecule has 1 aromatic heterocycles. The van der Waals surface area contributed by atoms with Crippen LogP contribution in [0.3, 0.4) is 0 Å². The maximum atomic E-state index is 12.9. The smallest absolute Gasteiger partial charge is 0.422 e. The lowest BCUT2D eigenvalue weighted by Gasteiger charge is -2.19. The van der Waals surface area contributed by atoms with Crippen LogP contribution >= 0.6 is 11.6 Å². The predicted octanol–water partition coefficient (Wildman–Crippen LogP) is 3.40. The van der Waals surface area contributed by atoms with Crippen molar-refractivity contribution < 1.29 is 40.7 Å². The van der Waals surface area contributed by atoms with E-state index in [4.69, 9.17) is 16.3 Å². The lowest BCUT2D eigenvalue weighted by Crippen LogP contribution is -2.46. The number of ether oxygens (including phenoxy) is 1. The van der Waals surface area contributed by atoms with Gasteiger partial charge in [0.1, 0.15) is 6.04 Å². The van der Waals surface area contributed by atoms with Gasteiger partial charge in [0.05, 0.1) is 11.8 Å². The van der Waals surface area contributed by atoms with Crippen molar-refractivity contribution in [2.45, 2.75) is 50.4 Å². The number of carbonyl (C=O) groups is 3. The van der Waals surface area contributed by atoms with Gasteiger partial charge in [-0.15, -0.1) is 0 Å². The molecule has 1 unspecified atom stereocenters. The van der Waals surface area contributed by atoms with Crippen LogP contribution in [0.15, 0.2) is 48.5 Å². The van der Waals surface area contributed by atoms with Crippen molar-refractivity contribution in [3.05, 3.63) is 64.7 Å². The van der Waals surface area contributed by atoms with E-state index in [-0.39, 0.29) is 36.8 Å². The number of aromatic nitrogens is 3. The summed E-state index contributed by atoms with van der Waals surface area (Å²) in [5.41, 5.74) is 1.07. The third kappa shape index (κ3) is 11.2. The number of amides is 3. The van der Waals surface area contributed by atoms with Crippen LogP contribution < -0.4 is 30.7 Å². The van der Waals surface area contributed by atoms with Gasteiger partial charge in [-0.3, -0.25) is 19.1 Å². The second-order valence-electron chi connectivity index (χ2n) is 11.0. The van der Waals surface area contributed by atoms with Gasteiger partial charge in [-0.25, -0.2) is 8.42 Å². The molecule has 0 bridgehead atoms. The molecule has 1 atom stereocenters. The highest BCUT2D eigenvalue weighted by Gasteiger charge is 2.45. The van der Waals surface area contributed by atoms with E-state index in [1.807, 2.05) is 12.1 Å². The number of carbonyl (C=O) groups excluding carboxylic acids is 3. The first-order chi connectivity index (χ1) is 22.5. The molecule has 14 nitrogen and oxygen atoms in total. The number of nitrogens with zero attached hydrogens (tertiary/aromatic N) is 3. The summed E-state index contributed by atoms with van der Waals surface area (Å²) in [4.78, 5) is 48.7. The number of halogens is 4. The Morgan fingerprint density at radius 1 is 1.00 bits per heavy atom. The van der Waals surface area contributed by atoms with Crippen LogP contribution in [-0.4, -0.2) is 72.7 Å². The molecule has 48 heavy (non-hydrogen) atoms. The number of alkyl halides is 3. The molecule has 0 radical (unpaired) electrons. The van der Waals surface area contributed by atoms with Crippen LogP contribution in [0, 0.1) is 0 Å². The van der Waals surface area contributed by atoms with E-state index in [2.05, 4.69) is 36.2 Å². The number of benzene rings is 2. The topological polar surface area (TPSA) is 193 Å². The summed E-state index contributed by atoms with van der Waals surface area (Å²) in [7, 11) is -3.76. The fourth-order valence-electron chi connectivity index (χ4n) is 4.31. The zero-order chi connectivity index (χ0) is 35.1. The molecule has 4 rings (SSSR count). The van der Waals surface area contributed by atoms with Crippen LogP contribution in [0.25, 0.3) is 0 Å². The molecule has 19 heteroatoms. The Hall–Kier alpha value is -4.71. The van der Waals surface area contributed by atoms with E-state index in [1.165, 1.54) is 31.2 Å². The molecule has 1 fully saturated rings. The van der Waals surface area contributed by atoms with Crippen molar-refractivity contribution in [1.29, 1.82) is 0 Å². The van der Waals surface area contributed by atoms with Crippen molar-refractivity contribution in [2.24, 2.45) is 0 Å². The third-order valence-corrected chi connectivity index (χ3v) is 7.63. The van der Waals surface area contributed by atoms with Crippen molar-refractivity contribution in [3.8, 4) is 6.01 Å². The van der Waals surface area contributed by atoms with Crippen LogP contribution in [0.5, 0.6) is 6.01 Å². The van der Waals surface area contributed by atoms with E-state index < -0.39 is 58.1 Å². The zero-order valence-electron chi connectivity index (χ0n) is 25.7. The van der Waals surface area contributed by atoms with Crippen LogP contribution in [0.1, 0.15) is 48.5 Å². The van der Waals surface area contributed by atoms with Gasteiger partial charge in [0.2, 0.25) is 27.8 Å². The third-order valence-electron chi connectivity index (χ3n) is 6.80. The highest BCUT2D eigenvalue weighted by molar-refractivity contribution is 7.89. The lowest BCUT2D eigenvalue weighted by molar-refractivity contribution is -0.154. The Morgan fingerprint density at radius 2 is 1.65 bits per heavy atom. The minimum absolute atomic E-state index is 0.00608. The SMILES string of the molecule is CC(NC(=O)CCCNC(=O)c1ccc(Nc2nc(NC3(c4ccc(Cl)cc4)CC3)nc(OCC(F)(F)F)n2)cc1)C(=O)NS(C)(=O)=O. The molecule has 1 saturated carbocycles. The van der Waals surface area contributed by atoms with Gasteiger partial charge in [0.15, 0.2) is 6.61 Å². The molecule has 3 aromatic rings. The molecule has 0 spiro atoms. The number of anilines is 3. The Bertz CT molecular complexity index is 1740. The first-order valence-corrected chi connectivity index (χ1v) is 16.7. The summed E-state index contributed by atoms with van der Waals surface area (Å²) < 4.78 is 67.5. The molecule has 258 valence electrons. The van der Waals surface area contributed by atoms with Gasteiger partial charge in [-0.2, -0.15) is 28.1 Å². The van der Waals surface area contributed by atoms with Crippen molar-refractivity contribution >= 4 is 56.9 Å². The van der Waals surface area contributed by atoms with Gasteiger partial charge in [-0.1, -0.05) is 23.7 Å². The Labute approximate surface area is 278 Å². The summed E-state index contributed by atoms with van der Waals surface area (Å²) in [6, 6.07) is 11.6. The van der Waals surface area contributed by atoms with Crippen LogP contribution in [0.2, 0.25) is 5.02 Å². The van der Waals surface area contributed by atoms with Crippen molar-refractivity contribution in [3.63, 3.8) is 0 Å². The van der Waals surface area contributed by atoms with E-state index in [0.29, 0.717) is 10.7 Å².